The summed E-state index contributed by atoms with van der Waals surface area (Å²) < 4.78 is 14.6. The van der Waals surface area contributed by atoms with Gasteiger partial charge in [0, 0.05) is 15.0 Å². The molecule has 1 aromatic carbocycles. The van der Waals surface area contributed by atoms with Crippen LogP contribution in [0.25, 0.3) is 10.1 Å². The number of benzene rings is 1. The van der Waals surface area contributed by atoms with Crippen molar-refractivity contribution < 1.29 is 9.18 Å². The van der Waals surface area contributed by atoms with Crippen molar-refractivity contribution >= 4 is 38.7 Å². The minimum absolute atomic E-state index is 0.142. The van der Waals surface area contributed by atoms with E-state index in [9.17, 15) is 9.18 Å². The van der Waals surface area contributed by atoms with E-state index < -0.39 is 0 Å². The molecule has 0 bridgehead atoms. The highest BCUT2D eigenvalue weighted by Crippen LogP contribution is 2.32. The predicted octanol–water partition coefficient (Wildman–Crippen LogP) is 4.34. The van der Waals surface area contributed by atoms with E-state index in [-0.39, 0.29) is 11.7 Å². The summed E-state index contributed by atoms with van der Waals surface area (Å²) in [6, 6.07) is 8.86. The average molecular weight is 305 g/mol. The highest BCUT2D eigenvalue weighted by molar-refractivity contribution is 7.21. The molecule has 2 aromatic heterocycles. The molecule has 0 radical (unpaired) electrons. The third kappa shape index (κ3) is 2.34. The topological polar surface area (TPSA) is 29.1 Å². The number of fused-ring (bicyclic) bond motifs is 1. The number of thiophene rings is 2. The molecule has 1 N–H and O–H groups in total. The molecular formula is C15H12FNOS2. The number of carbonyl (C=O) groups excluding carboxylic acids is 1. The van der Waals surface area contributed by atoms with Gasteiger partial charge in [0.15, 0.2) is 0 Å². The van der Waals surface area contributed by atoms with E-state index in [0.29, 0.717) is 22.4 Å². The molecule has 20 heavy (non-hydrogen) atoms. The van der Waals surface area contributed by atoms with Crippen LogP contribution in [-0.2, 0) is 6.54 Å². The zero-order valence-corrected chi connectivity index (χ0v) is 12.4. The van der Waals surface area contributed by atoms with Gasteiger partial charge >= 0.3 is 0 Å². The third-order valence-electron chi connectivity index (χ3n) is 3.11. The van der Waals surface area contributed by atoms with E-state index in [4.69, 9.17) is 0 Å². The van der Waals surface area contributed by atoms with Crippen LogP contribution in [0.2, 0.25) is 0 Å². The molecule has 1 amide bonds. The minimum Gasteiger partial charge on any atom is -0.346 e. The molecule has 0 aliphatic rings. The number of carbonyl (C=O) groups is 1. The highest BCUT2D eigenvalue weighted by atomic mass is 32.1. The summed E-state index contributed by atoms with van der Waals surface area (Å²) in [6.07, 6.45) is 0. The van der Waals surface area contributed by atoms with Gasteiger partial charge in [-0.25, -0.2) is 4.39 Å². The highest BCUT2D eigenvalue weighted by Gasteiger charge is 2.17. The fourth-order valence-corrected chi connectivity index (χ4v) is 3.91. The monoisotopic (exact) mass is 305 g/mol. The van der Waals surface area contributed by atoms with Crippen molar-refractivity contribution in [3.05, 3.63) is 56.8 Å². The fourth-order valence-electron chi connectivity index (χ4n) is 2.13. The van der Waals surface area contributed by atoms with Gasteiger partial charge in [0.25, 0.3) is 5.91 Å². The molecule has 0 spiro atoms. The van der Waals surface area contributed by atoms with Gasteiger partial charge < -0.3 is 5.32 Å². The molecule has 0 fully saturated rings. The number of nitrogens with one attached hydrogen (secondary N) is 1. The summed E-state index contributed by atoms with van der Waals surface area (Å²) in [4.78, 5) is 13.9. The van der Waals surface area contributed by atoms with Crippen LogP contribution in [0.1, 0.15) is 20.1 Å². The molecular weight excluding hydrogens is 293 g/mol. The molecule has 0 aliphatic carbocycles. The maximum atomic E-state index is 13.8. The Morgan fingerprint density at radius 2 is 2.15 bits per heavy atom. The standard InChI is InChI=1S/C15H12FNOS2/c1-9-13-11(16)5-2-6-12(13)20-14(9)15(18)17-8-10-4-3-7-19-10/h2-7H,8H2,1H3,(H,17,18). The molecule has 2 nitrogen and oxygen atoms in total. The normalized spacial score (nSPS) is 10.9. The summed E-state index contributed by atoms with van der Waals surface area (Å²) in [6.45, 7) is 2.30. The minimum atomic E-state index is -0.270. The quantitative estimate of drug-likeness (QED) is 0.766. The summed E-state index contributed by atoms with van der Waals surface area (Å²) in [5.41, 5.74) is 0.715. The molecule has 5 heteroatoms. The number of aryl methyl sites for hydroxylation is 1. The SMILES string of the molecule is Cc1c(C(=O)NCc2cccs2)sc2cccc(F)c12. The fraction of sp³-hybridized carbons (Fsp3) is 0.133. The van der Waals surface area contributed by atoms with Crippen molar-refractivity contribution in [3.8, 4) is 0 Å². The van der Waals surface area contributed by atoms with Gasteiger partial charge in [-0.1, -0.05) is 12.1 Å². The van der Waals surface area contributed by atoms with Gasteiger partial charge in [0.05, 0.1) is 11.4 Å². The lowest BCUT2D eigenvalue weighted by atomic mass is 10.1. The second kappa shape index (κ2) is 5.34. The van der Waals surface area contributed by atoms with E-state index in [1.54, 1.807) is 24.3 Å². The smallest absolute Gasteiger partial charge is 0.261 e. The summed E-state index contributed by atoms with van der Waals surface area (Å²) in [5, 5.41) is 5.41. The van der Waals surface area contributed by atoms with E-state index >= 15 is 0 Å². The Hall–Kier alpha value is -1.72. The Balaban J connectivity index is 1.88. The molecule has 3 aromatic rings. The zero-order chi connectivity index (χ0) is 14.1. The van der Waals surface area contributed by atoms with E-state index in [0.717, 1.165) is 9.58 Å². The van der Waals surface area contributed by atoms with Gasteiger partial charge in [-0.2, -0.15) is 0 Å². The largest absolute Gasteiger partial charge is 0.346 e. The lowest BCUT2D eigenvalue weighted by Crippen LogP contribution is -2.21. The number of hydrogen-bond acceptors (Lipinski definition) is 3. The summed E-state index contributed by atoms with van der Waals surface area (Å²) in [7, 11) is 0. The molecule has 102 valence electrons. The van der Waals surface area contributed by atoms with Crippen LogP contribution in [-0.4, -0.2) is 5.91 Å². The first-order valence-electron chi connectivity index (χ1n) is 6.15. The Kier molecular flexibility index (Phi) is 3.54. The second-order valence-electron chi connectivity index (χ2n) is 4.43. The molecule has 0 atom stereocenters. The van der Waals surface area contributed by atoms with E-state index in [2.05, 4.69) is 5.32 Å². The maximum Gasteiger partial charge on any atom is 0.261 e. The lowest BCUT2D eigenvalue weighted by Gasteiger charge is -2.02. The predicted molar refractivity (Wildman–Crippen MR) is 82.0 cm³/mol. The Morgan fingerprint density at radius 3 is 2.85 bits per heavy atom. The van der Waals surface area contributed by atoms with Gasteiger partial charge in [0.2, 0.25) is 0 Å². The third-order valence-corrected chi connectivity index (χ3v) is 5.24. The second-order valence-corrected chi connectivity index (χ2v) is 6.52. The van der Waals surface area contributed by atoms with Crippen LogP contribution in [0.15, 0.2) is 35.7 Å². The van der Waals surface area contributed by atoms with Crippen molar-refractivity contribution in [2.75, 3.05) is 0 Å². The van der Waals surface area contributed by atoms with Crippen LogP contribution < -0.4 is 5.32 Å². The van der Waals surface area contributed by atoms with Crippen molar-refractivity contribution in [2.45, 2.75) is 13.5 Å². The number of amides is 1. The van der Waals surface area contributed by atoms with Crippen LogP contribution >= 0.6 is 22.7 Å². The van der Waals surface area contributed by atoms with Crippen molar-refractivity contribution in [1.82, 2.24) is 5.32 Å². The number of hydrogen-bond donors (Lipinski definition) is 1. The van der Waals surface area contributed by atoms with Crippen LogP contribution in [0.4, 0.5) is 4.39 Å². The molecule has 3 rings (SSSR count). The van der Waals surface area contributed by atoms with Gasteiger partial charge in [-0.05, 0) is 36.1 Å². The maximum absolute atomic E-state index is 13.8. The Morgan fingerprint density at radius 1 is 1.30 bits per heavy atom. The Bertz CT molecular complexity index is 762. The van der Waals surface area contributed by atoms with Crippen LogP contribution in [0.5, 0.6) is 0 Å². The molecule has 0 saturated carbocycles. The van der Waals surface area contributed by atoms with Gasteiger partial charge in [-0.3, -0.25) is 4.79 Å². The summed E-state index contributed by atoms with van der Waals surface area (Å²) >= 11 is 2.94. The van der Waals surface area contributed by atoms with Gasteiger partial charge in [-0.15, -0.1) is 22.7 Å². The first-order valence-corrected chi connectivity index (χ1v) is 7.84. The van der Waals surface area contributed by atoms with Crippen LogP contribution in [0.3, 0.4) is 0 Å². The first-order chi connectivity index (χ1) is 9.66. The summed E-state index contributed by atoms with van der Waals surface area (Å²) in [5.74, 6) is -0.412. The molecule has 0 aliphatic heterocycles. The number of rotatable bonds is 3. The van der Waals surface area contributed by atoms with Crippen molar-refractivity contribution in [2.24, 2.45) is 0 Å². The van der Waals surface area contributed by atoms with Crippen LogP contribution in [0, 0.1) is 12.7 Å². The molecule has 2 heterocycles. The van der Waals surface area contributed by atoms with Crippen molar-refractivity contribution in [1.29, 1.82) is 0 Å². The molecule has 0 unspecified atom stereocenters. The van der Waals surface area contributed by atoms with Crippen molar-refractivity contribution in [3.63, 3.8) is 0 Å². The Labute approximate surface area is 123 Å². The average Bonchev–Trinajstić information content (AvgIpc) is 3.05. The number of halogens is 1. The van der Waals surface area contributed by atoms with E-state index in [1.807, 2.05) is 23.6 Å². The van der Waals surface area contributed by atoms with Gasteiger partial charge in [0.1, 0.15) is 5.82 Å². The lowest BCUT2D eigenvalue weighted by molar-refractivity contribution is 0.0955. The molecule has 0 saturated heterocycles. The van der Waals surface area contributed by atoms with E-state index in [1.165, 1.54) is 17.4 Å². The first kappa shape index (κ1) is 13.3. The zero-order valence-electron chi connectivity index (χ0n) is 10.8.